The van der Waals surface area contributed by atoms with Gasteiger partial charge in [-0.3, -0.25) is 0 Å². The summed E-state index contributed by atoms with van der Waals surface area (Å²) in [5.41, 5.74) is 1.86. The lowest BCUT2D eigenvalue weighted by atomic mass is 10.2. The number of benzene rings is 1. The van der Waals surface area contributed by atoms with Crippen LogP contribution in [0.1, 0.15) is 13.8 Å². The highest BCUT2D eigenvalue weighted by Gasteiger charge is 2.04. The summed E-state index contributed by atoms with van der Waals surface area (Å²) in [6, 6.07) is 5.92. The molecule has 0 radical (unpaired) electrons. The molecule has 0 spiro atoms. The van der Waals surface area contributed by atoms with E-state index in [1.54, 1.807) is 6.07 Å². The van der Waals surface area contributed by atoms with E-state index in [-0.39, 0.29) is 0 Å². The Morgan fingerprint density at radius 1 is 1.29 bits per heavy atom. The molecular weight excluding hydrogens is 176 g/mol. The third-order valence-corrected chi connectivity index (χ3v) is 1.91. The fourth-order valence-electron chi connectivity index (χ4n) is 1.30. The molecule has 1 rings (SSSR count). The monoisotopic (exact) mass is 194 g/mol. The minimum Gasteiger partial charge on any atom is -0.506 e. The van der Waals surface area contributed by atoms with Crippen LogP contribution in [0, 0.1) is 0 Å². The lowest BCUT2D eigenvalue weighted by Gasteiger charge is -2.17. The standard InChI is InChI=1S/C11H18N2O/c1-8(2)12-9-5-6-11(14)10(7-9)13(3)4/h5-8,12,14H,1-4H3. The lowest BCUT2D eigenvalue weighted by Crippen LogP contribution is -2.12. The number of aromatic hydroxyl groups is 1. The van der Waals surface area contributed by atoms with Crippen LogP contribution in [0.25, 0.3) is 0 Å². The molecule has 0 unspecified atom stereocenters. The van der Waals surface area contributed by atoms with Crippen LogP contribution < -0.4 is 10.2 Å². The highest BCUT2D eigenvalue weighted by Crippen LogP contribution is 2.28. The number of anilines is 2. The number of rotatable bonds is 3. The van der Waals surface area contributed by atoms with Crippen LogP contribution in [0.15, 0.2) is 18.2 Å². The lowest BCUT2D eigenvalue weighted by molar-refractivity contribution is 0.476. The van der Waals surface area contributed by atoms with E-state index < -0.39 is 0 Å². The second-order valence-electron chi connectivity index (χ2n) is 3.90. The van der Waals surface area contributed by atoms with Crippen LogP contribution in [-0.2, 0) is 0 Å². The highest BCUT2D eigenvalue weighted by atomic mass is 16.3. The van der Waals surface area contributed by atoms with Crippen molar-refractivity contribution in [1.29, 1.82) is 0 Å². The van der Waals surface area contributed by atoms with Crippen LogP contribution in [0.4, 0.5) is 11.4 Å². The molecule has 0 aliphatic heterocycles. The van der Waals surface area contributed by atoms with Crippen LogP contribution in [0.2, 0.25) is 0 Å². The Bertz CT molecular complexity index is 308. The van der Waals surface area contributed by atoms with E-state index in [0.29, 0.717) is 11.8 Å². The maximum atomic E-state index is 9.57. The van der Waals surface area contributed by atoms with Crippen molar-refractivity contribution >= 4 is 11.4 Å². The first kappa shape index (κ1) is 10.7. The molecule has 0 saturated carbocycles. The van der Waals surface area contributed by atoms with Gasteiger partial charge in [-0.1, -0.05) is 0 Å². The summed E-state index contributed by atoms with van der Waals surface area (Å²) in [5.74, 6) is 0.310. The molecule has 0 heterocycles. The molecule has 0 aliphatic rings. The van der Waals surface area contributed by atoms with Crippen molar-refractivity contribution in [2.24, 2.45) is 0 Å². The van der Waals surface area contributed by atoms with Gasteiger partial charge in [-0.2, -0.15) is 0 Å². The molecule has 14 heavy (non-hydrogen) atoms. The minimum absolute atomic E-state index is 0.310. The van der Waals surface area contributed by atoms with Gasteiger partial charge in [0.2, 0.25) is 0 Å². The molecule has 0 aromatic heterocycles. The molecule has 78 valence electrons. The van der Waals surface area contributed by atoms with Gasteiger partial charge >= 0.3 is 0 Å². The number of hydrogen-bond acceptors (Lipinski definition) is 3. The predicted molar refractivity (Wildman–Crippen MR) is 61.2 cm³/mol. The molecule has 0 aliphatic carbocycles. The Hall–Kier alpha value is -1.38. The molecule has 0 amide bonds. The molecule has 1 aromatic carbocycles. The van der Waals surface area contributed by atoms with Crippen LogP contribution in [-0.4, -0.2) is 25.2 Å². The molecule has 0 atom stereocenters. The molecule has 0 bridgehead atoms. The predicted octanol–water partition coefficient (Wildman–Crippen LogP) is 2.28. The Balaban J connectivity index is 2.94. The average molecular weight is 194 g/mol. The third-order valence-electron chi connectivity index (χ3n) is 1.91. The first-order chi connectivity index (χ1) is 6.50. The molecule has 3 nitrogen and oxygen atoms in total. The van der Waals surface area contributed by atoms with E-state index >= 15 is 0 Å². The fourth-order valence-corrected chi connectivity index (χ4v) is 1.30. The SMILES string of the molecule is CC(C)Nc1ccc(O)c(N(C)C)c1. The van der Waals surface area contributed by atoms with Crippen LogP contribution >= 0.6 is 0 Å². The molecule has 3 heteroatoms. The molecule has 2 N–H and O–H groups in total. The Morgan fingerprint density at radius 3 is 2.43 bits per heavy atom. The Morgan fingerprint density at radius 2 is 1.93 bits per heavy atom. The van der Waals surface area contributed by atoms with Gasteiger partial charge in [-0.25, -0.2) is 0 Å². The smallest absolute Gasteiger partial charge is 0.139 e. The average Bonchev–Trinajstić information content (AvgIpc) is 2.07. The zero-order chi connectivity index (χ0) is 10.7. The van der Waals surface area contributed by atoms with E-state index in [1.165, 1.54) is 0 Å². The number of hydrogen-bond donors (Lipinski definition) is 2. The third kappa shape index (κ3) is 2.55. The van der Waals surface area contributed by atoms with Crippen molar-refractivity contribution in [3.63, 3.8) is 0 Å². The molecule has 0 fully saturated rings. The van der Waals surface area contributed by atoms with Crippen molar-refractivity contribution in [2.75, 3.05) is 24.3 Å². The van der Waals surface area contributed by atoms with E-state index in [0.717, 1.165) is 11.4 Å². The van der Waals surface area contributed by atoms with E-state index in [1.807, 2.05) is 31.1 Å². The summed E-state index contributed by atoms with van der Waals surface area (Å²) in [7, 11) is 3.82. The van der Waals surface area contributed by atoms with Crippen LogP contribution in [0.5, 0.6) is 5.75 Å². The van der Waals surface area contributed by atoms with E-state index in [9.17, 15) is 5.11 Å². The van der Waals surface area contributed by atoms with Gasteiger partial charge in [0, 0.05) is 25.8 Å². The minimum atomic E-state index is 0.310. The maximum Gasteiger partial charge on any atom is 0.139 e. The van der Waals surface area contributed by atoms with Gasteiger partial charge in [0.25, 0.3) is 0 Å². The topological polar surface area (TPSA) is 35.5 Å². The quantitative estimate of drug-likeness (QED) is 0.725. The van der Waals surface area contributed by atoms with Gasteiger partial charge in [-0.15, -0.1) is 0 Å². The van der Waals surface area contributed by atoms with Crippen molar-refractivity contribution < 1.29 is 5.11 Å². The van der Waals surface area contributed by atoms with Gasteiger partial charge in [0.15, 0.2) is 0 Å². The molecule has 1 aromatic rings. The van der Waals surface area contributed by atoms with Gasteiger partial charge in [-0.05, 0) is 32.0 Å². The molecule has 0 saturated heterocycles. The van der Waals surface area contributed by atoms with Crippen LogP contribution in [0.3, 0.4) is 0 Å². The number of phenols is 1. The number of nitrogens with one attached hydrogen (secondary N) is 1. The molecular formula is C11H18N2O. The Labute approximate surface area is 85.4 Å². The fraction of sp³-hybridized carbons (Fsp3) is 0.455. The largest absolute Gasteiger partial charge is 0.506 e. The second-order valence-corrected chi connectivity index (χ2v) is 3.90. The van der Waals surface area contributed by atoms with Crippen molar-refractivity contribution in [3.05, 3.63) is 18.2 Å². The zero-order valence-electron chi connectivity index (χ0n) is 9.20. The highest BCUT2D eigenvalue weighted by molar-refractivity contribution is 5.65. The maximum absolute atomic E-state index is 9.57. The zero-order valence-corrected chi connectivity index (χ0v) is 9.20. The first-order valence-electron chi connectivity index (χ1n) is 4.77. The summed E-state index contributed by atoms with van der Waals surface area (Å²) < 4.78 is 0. The van der Waals surface area contributed by atoms with E-state index in [2.05, 4.69) is 19.2 Å². The van der Waals surface area contributed by atoms with E-state index in [4.69, 9.17) is 0 Å². The number of nitrogens with zero attached hydrogens (tertiary/aromatic N) is 1. The van der Waals surface area contributed by atoms with Crippen molar-refractivity contribution in [1.82, 2.24) is 0 Å². The number of phenolic OH excluding ortho intramolecular Hbond substituents is 1. The van der Waals surface area contributed by atoms with Gasteiger partial charge < -0.3 is 15.3 Å². The summed E-state index contributed by atoms with van der Waals surface area (Å²) in [6.07, 6.45) is 0. The Kier molecular flexibility index (Phi) is 3.23. The first-order valence-corrected chi connectivity index (χ1v) is 4.77. The summed E-state index contributed by atoms with van der Waals surface area (Å²) in [4.78, 5) is 1.89. The summed E-state index contributed by atoms with van der Waals surface area (Å²) in [6.45, 7) is 4.17. The summed E-state index contributed by atoms with van der Waals surface area (Å²) in [5, 5.41) is 12.9. The van der Waals surface area contributed by atoms with Crippen molar-refractivity contribution in [3.8, 4) is 5.75 Å². The normalized spacial score (nSPS) is 10.4. The van der Waals surface area contributed by atoms with Gasteiger partial charge in [0.05, 0.1) is 5.69 Å². The second kappa shape index (κ2) is 4.22. The van der Waals surface area contributed by atoms with Gasteiger partial charge in [0.1, 0.15) is 5.75 Å². The van der Waals surface area contributed by atoms with Crippen molar-refractivity contribution in [2.45, 2.75) is 19.9 Å². The summed E-state index contributed by atoms with van der Waals surface area (Å²) >= 11 is 0.